The number of rotatable bonds is 8. The molecule has 2 aromatic rings. The lowest BCUT2D eigenvalue weighted by Crippen LogP contribution is -2.32. The topological polar surface area (TPSA) is 76.1 Å². The van der Waals surface area contributed by atoms with Gasteiger partial charge in [0.25, 0.3) is 11.7 Å². The zero-order valence-electron chi connectivity index (χ0n) is 16.5. The van der Waals surface area contributed by atoms with Gasteiger partial charge in [0.1, 0.15) is 23.9 Å². The van der Waals surface area contributed by atoms with Gasteiger partial charge < -0.3 is 19.5 Å². The van der Waals surface area contributed by atoms with E-state index in [9.17, 15) is 19.1 Å². The molecule has 3 rings (SSSR count). The van der Waals surface area contributed by atoms with Crippen molar-refractivity contribution in [2.75, 3.05) is 26.9 Å². The lowest BCUT2D eigenvalue weighted by Gasteiger charge is -2.25. The van der Waals surface area contributed by atoms with Crippen LogP contribution in [0.4, 0.5) is 4.39 Å². The predicted octanol–water partition coefficient (Wildman–Crippen LogP) is 3.46. The van der Waals surface area contributed by atoms with Gasteiger partial charge in [-0.1, -0.05) is 24.8 Å². The van der Waals surface area contributed by atoms with E-state index in [0.717, 1.165) is 0 Å². The summed E-state index contributed by atoms with van der Waals surface area (Å²) in [6.45, 7) is 4.27. The van der Waals surface area contributed by atoms with Crippen molar-refractivity contribution in [3.63, 3.8) is 0 Å². The molecule has 1 aliphatic rings. The van der Waals surface area contributed by atoms with Crippen molar-refractivity contribution in [1.29, 1.82) is 0 Å². The van der Waals surface area contributed by atoms with Crippen LogP contribution in [0.1, 0.15) is 17.2 Å². The molecule has 1 aliphatic heterocycles. The molecule has 2 aromatic carbocycles. The highest BCUT2D eigenvalue weighted by Crippen LogP contribution is 2.39. The van der Waals surface area contributed by atoms with Gasteiger partial charge in [0, 0.05) is 19.2 Å². The quantitative estimate of drug-likeness (QED) is 0.312. The van der Waals surface area contributed by atoms with Crippen LogP contribution in [0.2, 0.25) is 0 Å². The summed E-state index contributed by atoms with van der Waals surface area (Å²) in [7, 11) is 1.49. The van der Waals surface area contributed by atoms with Crippen LogP contribution >= 0.6 is 0 Å². The number of benzene rings is 2. The average molecular weight is 411 g/mol. The maximum Gasteiger partial charge on any atom is 0.295 e. The van der Waals surface area contributed by atoms with Gasteiger partial charge in [-0.15, -0.1) is 0 Å². The minimum absolute atomic E-state index is 0.0533. The Balaban J connectivity index is 2.05. The Labute approximate surface area is 173 Å². The molecule has 1 N–H and O–H groups in total. The maximum atomic E-state index is 13.4. The molecule has 0 bridgehead atoms. The first-order valence-corrected chi connectivity index (χ1v) is 9.35. The molecule has 0 aromatic heterocycles. The molecular formula is C23H22FNO5. The second-order valence-corrected chi connectivity index (χ2v) is 6.66. The van der Waals surface area contributed by atoms with Gasteiger partial charge in [-0.3, -0.25) is 9.59 Å². The van der Waals surface area contributed by atoms with E-state index in [1.54, 1.807) is 30.3 Å². The number of hydrogen-bond acceptors (Lipinski definition) is 5. The van der Waals surface area contributed by atoms with E-state index in [1.165, 1.54) is 36.3 Å². The third-order valence-corrected chi connectivity index (χ3v) is 4.76. The summed E-state index contributed by atoms with van der Waals surface area (Å²) in [6, 6.07) is 11.1. The number of ketones is 1. The first kappa shape index (κ1) is 21.3. The van der Waals surface area contributed by atoms with Crippen molar-refractivity contribution in [3.05, 3.63) is 83.7 Å². The fourth-order valence-corrected chi connectivity index (χ4v) is 3.31. The number of Topliss-reactive ketones (excluding diaryl/α,β-unsaturated/α-hetero) is 1. The fraction of sp³-hybridized carbons (Fsp3) is 0.217. The smallest absolute Gasteiger partial charge is 0.295 e. The highest BCUT2D eigenvalue weighted by atomic mass is 19.1. The number of methoxy groups -OCH3 is 1. The number of ether oxygens (including phenoxy) is 2. The number of halogens is 1. The highest BCUT2D eigenvalue weighted by Gasteiger charge is 2.45. The number of aliphatic hydroxyl groups excluding tert-OH is 1. The summed E-state index contributed by atoms with van der Waals surface area (Å²) in [5.41, 5.74) is 0.819. The molecule has 0 aliphatic carbocycles. The molecule has 0 unspecified atom stereocenters. The van der Waals surface area contributed by atoms with Gasteiger partial charge in [0.2, 0.25) is 0 Å². The summed E-state index contributed by atoms with van der Waals surface area (Å²) in [6.07, 6.45) is 1.61. The molecular weight excluding hydrogens is 389 g/mol. The Morgan fingerprint density at radius 2 is 1.83 bits per heavy atom. The van der Waals surface area contributed by atoms with E-state index < -0.39 is 23.5 Å². The molecule has 7 heteroatoms. The van der Waals surface area contributed by atoms with Gasteiger partial charge in [-0.2, -0.15) is 0 Å². The Hall–Kier alpha value is -3.45. The number of amides is 1. The third kappa shape index (κ3) is 4.26. The normalized spacial score (nSPS) is 17.9. The van der Waals surface area contributed by atoms with Crippen LogP contribution < -0.4 is 4.74 Å². The van der Waals surface area contributed by atoms with Crippen molar-refractivity contribution in [2.24, 2.45) is 0 Å². The van der Waals surface area contributed by atoms with Crippen LogP contribution in [0.3, 0.4) is 0 Å². The van der Waals surface area contributed by atoms with E-state index >= 15 is 0 Å². The number of aliphatic hydroxyl groups is 1. The van der Waals surface area contributed by atoms with Gasteiger partial charge >= 0.3 is 0 Å². The van der Waals surface area contributed by atoms with Gasteiger partial charge in [-0.05, 0) is 42.0 Å². The largest absolute Gasteiger partial charge is 0.507 e. The molecule has 0 saturated carbocycles. The molecule has 1 amide bonds. The second-order valence-electron chi connectivity index (χ2n) is 6.66. The van der Waals surface area contributed by atoms with Crippen LogP contribution in [0.15, 0.2) is 66.8 Å². The Kier molecular flexibility index (Phi) is 6.64. The van der Waals surface area contributed by atoms with Crippen LogP contribution in [0, 0.1) is 5.82 Å². The lowest BCUT2D eigenvalue weighted by atomic mass is 9.95. The predicted molar refractivity (Wildman–Crippen MR) is 109 cm³/mol. The molecule has 0 radical (unpaired) electrons. The highest BCUT2D eigenvalue weighted by molar-refractivity contribution is 6.46. The maximum absolute atomic E-state index is 13.4. The summed E-state index contributed by atoms with van der Waals surface area (Å²) >= 11 is 0. The van der Waals surface area contributed by atoms with Gasteiger partial charge in [0.05, 0.1) is 18.2 Å². The molecule has 1 heterocycles. The zero-order valence-corrected chi connectivity index (χ0v) is 16.5. The Morgan fingerprint density at radius 1 is 1.17 bits per heavy atom. The van der Waals surface area contributed by atoms with Crippen LogP contribution in [-0.2, 0) is 14.3 Å². The summed E-state index contributed by atoms with van der Waals surface area (Å²) in [5.74, 6) is -1.72. The van der Waals surface area contributed by atoms with Crippen molar-refractivity contribution in [2.45, 2.75) is 6.04 Å². The lowest BCUT2D eigenvalue weighted by molar-refractivity contribution is -0.140. The Morgan fingerprint density at radius 3 is 2.43 bits per heavy atom. The minimum Gasteiger partial charge on any atom is -0.507 e. The van der Waals surface area contributed by atoms with E-state index in [1.807, 2.05) is 0 Å². The average Bonchev–Trinajstić information content (AvgIpc) is 3.01. The van der Waals surface area contributed by atoms with Gasteiger partial charge in [-0.25, -0.2) is 4.39 Å². The first-order valence-electron chi connectivity index (χ1n) is 9.35. The van der Waals surface area contributed by atoms with Crippen molar-refractivity contribution in [1.82, 2.24) is 4.90 Å². The first-order chi connectivity index (χ1) is 14.5. The van der Waals surface area contributed by atoms with E-state index in [0.29, 0.717) is 23.5 Å². The van der Waals surface area contributed by atoms with Gasteiger partial charge in [0.15, 0.2) is 0 Å². The number of nitrogens with zero attached hydrogens (tertiary/aromatic N) is 1. The number of carbonyl (C=O) groups is 2. The third-order valence-electron chi connectivity index (χ3n) is 4.76. The van der Waals surface area contributed by atoms with E-state index in [4.69, 9.17) is 9.47 Å². The van der Waals surface area contributed by atoms with Crippen LogP contribution in [0.25, 0.3) is 5.76 Å². The number of carbonyl (C=O) groups excluding carboxylic acids is 2. The standard InChI is InChI=1S/C23H22FNO5/c1-3-13-30-18-10-6-16(7-11-18)21(26)19-20(15-4-8-17(24)9-5-15)25(12-14-29-2)23(28)22(19)27/h3-11,20,26H,1,12-14H2,2H3/t20-/m1/s1. The van der Waals surface area contributed by atoms with Crippen LogP contribution in [0.5, 0.6) is 5.75 Å². The molecule has 0 spiro atoms. The zero-order chi connectivity index (χ0) is 21.7. The van der Waals surface area contributed by atoms with E-state index in [2.05, 4.69) is 6.58 Å². The summed E-state index contributed by atoms with van der Waals surface area (Å²) in [5, 5.41) is 10.9. The van der Waals surface area contributed by atoms with Crippen molar-refractivity contribution < 1.29 is 28.6 Å². The van der Waals surface area contributed by atoms with Crippen molar-refractivity contribution in [3.8, 4) is 5.75 Å². The summed E-state index contributed by atoms with van der Waals surface area (Å²) < 4.78 is 23.9. The van der Waals surface area contributed by atoms with Crippen molar-refractivity contribution >= 4 is 17.4 Å². The monoisotopic (exact) mass is 411 g/mol. The number of hydrogen-bond donors (Lipinski definition) is 1. The molecule has 30 heavy (non-hydrogen) atoms. The summed E-state index contributed by atoms with van der Waals surface area (Å²) in [4.78, 5) is 26.8. The fourth-order valence-electron chi connectivity index (χ4n) is 3.31. The SMILES string of the molecule is C=CCOc1ccc(C(O)=C2C(=O)C(=O)N(CCOC)[C@@H]2c2ccc(F)cc2)cc1. The molecule has 1 fully saturated rings. The molecule has 156 valence electrons. The minimum atomic E-state index is -0.850. The number of likely N-dealkylation sites (tertiary alicyclic amines) is 1. The van der Waals surface area contributed by atoms with E-state index in [-0.39, 0.29) is 24.5 Å². The second kappa shape index (κ2) is 9.37. The van der Waals surface area contributed by atoms with Crippen LogP contribution in [-0.4, -0.2) is 48.6 Å². The molecule has 6 nitrogen and oxygen atoms in total. The molecule has 1 saturated heterocycles. The Bertz CT molecular complexity index is 966. The molecule has 1 atom stereocenters.